The number of amides is 1. The number of hydrogen-bond acceptors (Lipinski definition) is 3. The first kappa shape index (κ1) is 16.4. The van der Waals surface area contributed by atoms with Crippen molar-refractivity contribution in [2.45, 2.75) is 19.3 Å². The van der Waals surface area contributed by atoms with E-state index in [1.807, 2.05) is 24.4 Å². The van der Waals surface area contributed by atoms with Crippen molar-refractivity contribution in [2.24, 2.45) is 5.92 Å². The smallest absolute Gasteiger partial charge is 0.224 e. The van der Waals surface area contributed by atoms with Crippen molar-refractivity contribution in [1.29, 1.82) is 0 Å². The van der Waals surface area contributed by atoms with Crippen molar-refractivity contribution in [2.75, 3.05) is 24.5 Å². The third-order valence-electron chi connectivity index (χ3n) is 4.45. The first-order valence-corrected chi connectivity index (χ1v) is 8.38. The molecule has 3 rings (SSSR count). The zero-order valence-electron chi connectivity index (χ0n) is 13.6. The molecular weight excluding hydrogens is 305 g/mol. The minimum atomic E-state index is -0.279. The molecule has 0 bridgehead atoms. The van der Waals surface area contributed by atoms with Crippen molar-refractivity contribution >= 4 is 11.7 Å². The van der Waals surface area contributed by atoms with Crippen LogP contribution in [0.5, 0.6) is 0 Å². The SMILES string of the molecule is O=C(Cc1ccc(F)cc1)NCC1CCN(c2ccccn2)CC1. The Labute approximate surface area is 141 Å². The van der Waals surface area contributed by atoms with E-state index >= 15 is 0 Å². The van der Waals surface area contributed by atoms with Gasteiger partial charge in [0.1, 0.15) is 11.6 Å². The lowest BCUT2D eigenvalue weighted by atomic mass is 9.96. The molecule has 1 aromatic carbocycles. The van der Waals surface area contributed by atoms with Crippen molar-refractivity contribution in [3.63, 3.8) is 0 Å². The van der Waals surface area contributed by atoms with Crippen LogP contribution in [0, 0.1) is 11.7 Å². The third kappa shape index (κ3) is 4.54. The van der Waals surface area contributed by atoms with Gasteiger partial charge in [0, 0.05) is 25.8 Å². The Morgan fingerprint density at radius 1 is 1.17 bits per heavy atom. The Morgan fingerprint density at radius 2 is 1.92 bits per heavy atom. The number of nitrogens with one attached hydrogen (secondary N) is 1. The summed E-state index contributed by atoms with van der Waals surface area (Å²) in [6.07, 6.45) is 4.21. The molecular formula is C19H22FN3O. The highest BCUT2D eigenvalue weighted by Crippen LogP contribution is 2.20. The number of benzene rings is 1. The maximum atomic E-state index is 12.9. The molecule has 1 fully saturated rings. The van der Waals surface area contributed by atoms with E-state index in [-0.39, 0.29) is 11.7 Å². The standard InChI is InChI=1S/C19H22FN3O/c20-17-6-4-15(5-7-17)13-19(24)22-14-16-8-11-23(12-9-16)18-3-1-2-10-21-18/h1-7,10,16H,8-9,11-14H2,(H,22,24). The van der Waals surface area contributed by atoms with E-state index in [4.69, 9.17) is 0 Å². The Hall–Kier alpha value is -2.43. The monoisotopic (exact) mass is 327 g/mol. The van der Waals surface area contributed by atoms with Crippen LogP contribution in [0.4, 0.5) is 10.2 Å². The van der Waals surface area contributed by atoms with Crippen molar-refractivity contribution in [3.05, 3.63) is 60.0 Å². The highest BCUT2D eigenvalue weighted by molar-refractivity contribution is 5.78. The molecule has 126 valence electrons. The molecule has 1 amide bonds. The fraction of sp³-hybridized carbons (Fsp3) is 0.368. The summed E-state index contributed by atoms with van der Waals surface area (Å²) in [5.74, 6) is 1.24. The molecule has 0 spiro atoms. The van der Waals surface area contributed by atoms with Gasteiger partial charge in [-0.05, 0) is 48.6 Å². The highest BCUT2D eigenvalue weighted by Gasteiger charge is 2.20. The molecule has 0 atom stereocenters. The number of nitrogens with zero attached hydrogens (tertiary/aromatic N) is 2. The van der Waals surface area contributed by atoms with Gasteiger partial charge in [0.25, 0.3) is 0 Å². The Kier molecular flexibility index (Phi) is 5.41. The lowest BCUT2D eigenvalue weighted by molar-refractivity contribution is -0.120. The van der Waals surface area contributed by atoms with Crippen LogP contribution in [0.2, 0.25) is 0 Å². The van der Waals surface area contributed by atoms with Crippen LogP contribution < -0.4 is 10.2 Å². The normalized spacial score (nSPS) is 15.3. The fourth-order valence-electron chi connectivity index (χ4n) is 3.02. The van der Waals surface area contributed by atoms with Crippen LogP contribution in [-0.4, -0.2) is 30.5 Å². The number of hydrogen-bond donors (Lipinski definition) is 1. The van der Waals surface area contributed by atoms with Crippen LogP contribution >= 0.6 is 0 Å². The first-order valence-electron chi connectivity index (χ1n) is 8.38. The van der Waals surface area contributed by atoms with Gasteiger partial charge >= 0.3 is 0 Å². The van der Waals surface area contributed by atoms with Crippen molar-refractivity contribution < 1.29 is 9.18 Å². The summed E-state index contributed by atoms with van der Waals surface area (Å²) in [7, 11) is 0. The topological polar surface area (TPSA) is 45.2 Å². The van der Waals surface area contributed by atoms with Crippen LogP contribution in [0.15, 0.2) is 48.7 Å². The third-order valence-corrected chi connectivity index (χ3v) is 4.45. The zero-order chi connectivity index (χ0) is 16.8. The summed E-state index contributed by atoms with van der Waals surface area (Å²) in [6, 6.07) is 12.0. The van der Waals surface area contributed by atoms with Crippen molar-refractivity contribution in [1.82, 2.24) is 10.3 Å². The largest absolute Gasteiger partial charge is 0.357 e. The minimum absolute atomic E-state index is 0.00577. The number of carbonyl (C=O) groups excluding carboxylic acids is 1. The Morgan fingerprint density at radius 3 is 2.58 bits per heavy atom. The lowest BCUT2D eigenvalue weighted by Crippen LogP contribution is -2.39. The molecule has 24 heavy (non-hydrogen) atoms. The summed E-state index contributed by atoms with van der Waals surface area (Å²) in [4.78, 5) is 18.7. The lowest BCUT2D eigenvalue weighted by Gasteiger charge is -2.32. The summed E-state index contributed by atoms with van der Waals surface area (Å²) in [5.41, 5.74) is 0.832. The van der Waals surface area contributed by atoms with Crippen molar-refractivity contribution in [3.8, 4) is 0 Å². The van der Waals surface area contributed by atoms with Gasteiger partial charge in [-0.2, -0.15) is 0 Å². The zero-order valence-corrected chi connectivity index (χ0v) is 13.6. The second-order valence-electron chi connectivity index (χ2n) is 6.23. The van der Waals surface area contributed by atoms with E-state index in [1.54, 1.807) is 12.1 Å². The number of rotatable bonds is 5. The van der Waals surface area contributed by atoms with Gasteiger partial charge in [0.2, 0.25) is 5.91 Å². The highest BCUT2D eigenvalue weighted by atomic mass is 19.1. The van der Waals surface area contributed by atoms with Crippen LogP contribution in [-0.2, 0) is 11.2 Å². The summed E-state index contributed by atoms with van der Waals surface area (Å²) in [5, 5.41) is 3.00. The van der Waals surface area contributed by atoms with Crippen LogP contribution in [0.25, 0.3) is 0 Å². The number of halogens is 1. The minimum Gasteiger partial charge on any atom is -0.357 e. The molecule has 2 aromatic rings. The predicted octanol–water partition coefficient (Wildman–Crippen LogP) is 2.80. The van der Waals surface area contributed by atoms with E-state index < -0.39 is 0 Å². The van der Waals surface area contributed by atoms with Gasteiger partial charge in [0.05, 0.1) is 6.42 Å². The van der Waals surface area contributed by atoms with E-state index in [1.165, 1.54) is 12.1 Å². The molecule has 1 N–H and O–H groups in total. The molecule has 0 radical (unpaired) electrons. The van der Waals surface area contributed by atoms with E-state index in [9.17, 15) is 9.18 Å². The molecule has 2 heterocycles. The predicted molar refractivity (Wildman–Crippen MR) is 92.3 cm³/mol. The molecule has 1 aliphatic rings. The second kappa shape index (κ2) is 7.90. The first-order chi connectivity index (χ1) is 11.7. The van der Waals surface area contributed by atoms with Crippen LogP contribution in [0.3, 0.4) is 0 Å². The molecule has 0 saturated carbocycles. The van der Waals surface area contributed by atoms with Gasteiger partial charge in [-0.15, -0.1) is 0 Å². The average molecular weight is 327 g/mol. The summed E-state index contributed by atoms with van der Waals surface area (Å²) in [6.45, 7) is 2.64. The van der Waals surface area contributed by atoms with Gasteiger partial charge in [0.15, 0.2) is 0 Å². The second-order valence-corrected chi connectivity index (χ2v) is 6.23. The maximum absolute atomic E-state index is 12.9. The van der Waals surface area contributed by atoms with E-state index in [0.29, 0.717) is 18.9 Å². The Bertz CT molecular complexity index is 652. The number of anilines is 1. The van der Waals surface area contributed by atoms with Gasteiger partial charge in [-0.1, -0.05) is 18.2 Å². The number of piperidine rings is 1. The van der Waals surface area contributed by atoms with E-state index in [0.717, 1.165) is 37.3 Å². The molecule has 0 aliphatic carbocycles. The molecule has 4 nitrogen and oxygen atoms in total. The molecule has 1 aliphatic heterocycles. The van der Waals surface area contributed by atoms with E-state index in [2.05, 4.69) is 15.2 Å². The fourth-order valence-corrected chi connectivity index (χ4v) is 3.02. The van der Waals surface area contributed by atoms with Crippen LogP contribution in [0.1, 0.15) is 18.4 Å². The van der Waals surface area contributed by atoms with Gasteiger partial charge in [-0.25, -0.2) is 9.37 Å². The number of carbonyl (C=O) groups is 1. The Balaban J connectivity index is 1.40. The summed E-state index contributed by atoms with van der Waals surface area (Å²) < 4.78 is 12.9. The number of pyridine rings is 1. The molecule has 1 saturated heterocycles. The molecule has 0 unspecified atom stereocenters. The molecule has 5 heteroatoms. The molecule has 1 aromatic heterocycles. The van der Waals surface area contributed by atoms with Gasteiger partial charge in [-0.3, -0.25) is 4.79 Å². The average Bonchev–Trinajstić information content (AvgIpc) is 2.63. The summed E-state index contributed by atoms with van der Waals surface area (Å²) >= 11 is 0. The number of aromatic nitrogens is 1. The van der Waals surface area contributed by atoms with Gasteiger partial charge < -0.3 is 10.2 Å². The maximum Gasteiger partial charge on any atom is 0.224 e. The quantitative estimate of drug-likeness (QED) is 0.918.